The molecule has 2 N–H and O–H groups in total. The van der Waals surface area contributed by atoms with E-state index in [1.165, 1.54) is 0 Å². The van der Waals surface area contributed by atoms with Crippen molar-refractivity contribution in [2.75, 3.05) is 26.2 Å². The van der Waals surface area contributed by atoms with Gasteiger partial charge in [-0.05, 0) is 18.6 Å². The number of H-pyrrole nitrogens is 1. The Bertz CT molecular complexity index is 547. The van der Waals surface area contributed by atoms with Crippen LogP contribution in [0.25, 0.3) is 0 Å². The van der Waals surface area contributed by atoms with E-state index in [4.69, 9.17) is 0 Å². The van der Waals surface area contributed by atoms with Crippen LogP contribution in [0.1, 0.15) is 23.3 Å². The average molecular weight is 290 g/mol. The first-order chi connectivity index (χ1) is 10.1. The first kappa shape index (κ1) is 13.7. The molecule has 112 valence electrons. The zero-order valence-electron chi connectivity index (χ0n) is 11.7. The van der Waals surface area contributed by atoms with E-state index in [2.05, 4.69) is 10.3 Å². The summed E-state index contributed by atoms with van der Waals surface area (Å²) in [5.74, 6) is -0.136. The van der Waals surface area contributed by atoms with Crippen LogP contribution in [0.5, 0.6) is 0 Å². The molecule has 7 heteroatoms. The topological polar surface area (TPSA) is 85.5 Å². The number of carbonyl (C=O) groups is 3. The Morgan fingerprint density at radius 3 is 2.43 bits per heavy atom. The third kappa shape index (κ3) is 2.76. The van der Waals surface area contributed by atoms with Crippen LogP contribution in [-0.4, -0.2) is 64.7 Å². The number of amides is 3. The van der Waals surface area contributed by atoms with Gasteiger partial charge in [-0.3, -0.25) is 14.4 Å². The Morgan fingerprint density at radius 1 is 1.14 bits per heavy atom. The second-order valence-corrected chi connectivity index (χ2v) is 5.36. The van der Waals surface area contributed by atoms with Gasteiger partial charge in [0, 0.05) is 38.8 Å². The molecule has 3 amide bonds. The van der Waals surface area contributed by atoms with Crippen LogP contribution in [0.4, 0.5) is 0 Å². The summed E-state index contributed by atoms with van der Waals surface area (Å²) in [4.78, 5) is 42.0. The minimum atomic E-state index is -0.386. The highest BCUT2D eigenvalue weighted by Gasteiger charge is 2.33. The smallest absolute Gasteiger partial charge is 0.270 e. The van der Waals surface area contributed by atoms with Crippen molar-refractivity contribution in [1.82, 2.24) is 20.1 Å². The predicted octanol–water partition coefficient (Wildman–Crippen LogP) is -0.422. The van der Waals surface area contributed by atoms with Crippen molar-refractivity contribution in [3.63, 3.8) is 0 Å². The van der Waals surface area contributed by atoms with E-state index in [0.717, 1.165) is 0 Å². The molecule has 3 heterocycles. The number of rotatable bonds is 2. The molecule has 0 aromatic carbocycles. The summed E-state index contributed by atoms with van der Waals surface area (Å²) in [6.07, 6.45) is 2.71. The Labute approximate surface area is 122 Å². The summed E-state index contributed by atoms with van der Waals surface area (Å²) >= 11 is 0. The highest BCUT2D eigenvalue weighted by atomic mass is 16.2. The fraction of sp³-hybridized carbons (Fsp3) is 0.500. The number of nitrogens with zero attached hydrogens (tertiary/aromatic N) is 2. The van der Waals surface area contributed by atoms with Gasteiger partial charge in [0.05, 0.1) is 0 Å². The van der Waals surface area contributed by atoms with Crippen LogP contribution < -0.4 is 5.32 Å². The van der Waals surface area contributed by atoms with E-state index >= 15 is 0 Å². The Kier molecular flexibility index (Phi) is 3.64. The lowest BCUT2D eigenvalue weighted by Crippen LogP contribution is -2.54. The summed E-state index contributed by atoms with van der Waals surface area (Å²) in [6.45, 7) is 2.06. The van der Waals surface area contributed by atoms with Gasteiger partial charge in [0.1, 0.15) is 11.7 Å². The number of hydrogen-bond donors (Lipinski definition) is 2. The van der Waals surface area contributed by atoms with Gasteiger partial charge in [0.2, 0.25) is 11.8 Å². The molecule has 1 aromatic heterocycles. The summed E-state index contributed by atoms with van der Waals surface area (Å²) in [5.41, 5.74) is 0.567. The molecule has 1 aromatic rings. The van der Waals surface area contributed by atoms with Gasteiger partial charge < -0.3 is 20.1 Å². The Hall–Kier alpha value is -2.31. The van der Waals surface area contributed by atoms with Crippen molar-refractivity contribution in [3.8, 4) is 0 Å². The second kappa shape index (κ2) is 5.59. The lowest BCUT2D eigenvalue weighted by molar-refractivity contribution is -0.135. The largest absolute Gasteiger partial charge is 0.357 e. The normalized spacial score (nSPS) is 22.3. The molecule has 3 rings (SSSR count). The number of hydrogen-bond acceptors (Lipinski definition) is 3. The number of aromatic nitrogens is 1. The molecule has 0 bridgehead atoms. The summed E-state index contributed by atoms with van der Waals surface area (Å²) in [7, 11) is 0. The van der Waals surface area contributed by atoms with Gasteiger partial charge in [-0.2, -0.15) is 0 Å². The second-order valence-electron chi connectivity index (χ2n) is 5.36. The van der Waals surface area contributed by atoms with E-state index in [1.807, 2.05) is 0 Å². The van der Waals surface area contributed by atoms with Crippen LogP contribution in [0, 0.1) is 0 Å². The third-order valence-electron chi connectivity index (χ3n) is 4.00. The minimum absolute atomic E-state index is 0.0344. The maximum Gasteiger partial charge on any atom is 0.270 e. The summed E-state index contributed by atoms with van der Waals surface area (Å²) in [5, 5.41) is 2.69. The van der Waals surface area contributed by atoms with E-state index in [-0.39, 0.29) is 23.8 Å². The van der Waals surface area contributed by atoms with Gasteiger partial charge in [-0.15, -0.1) is 0 Å². The molecule has 0 radical (unpaired) electrons. The highest BCUT2D eigenvalue weighted by Crippen LogP contribution is 2.13. The van der Waals surface area contributed by atoms with Crippen molar-refractivity contribution < 1.29 is 14.4 Å². The van der Waals surface area contributed by atoms with Crippen LogP contribution in [0.3, 0.4) is 0 Å². The van der Waals surface area contributed by atoms with Crippen molar-refractivity contribution >= 4 is 17.7 Å². The van der Waals surface area contributed by atoms with E-state index in [1.54, 1.807) is 28.1 Å². The predicted molar refractivity (Wildman–Crippen MR) is 74.4 cm³/mol. The number of piperazine rings is 1. The minimum Gasteiger partial charge on any atom is -0.357 e. The molecule has 1 unspecified atom stereocenters. The van der Waals surface area contributed by atoms with Crippen molar-refractivity contribution in [2.24, 2.45) is 0 Å². The average Bonchev–Trinajstić information content (AvgIpc) is 3.17. The molecule has 2 saturated heterocycles. The Morgan fingerprint density at radius 2 is 1.86 bits per heavy atom. The lowest BCUT2D eigenvalue weighted by Gasteiger charge is -2.35. The monoisotopic (exact) mass is 290 g/mol. The zero-order valence-corrected chi connectivity index (χ0v) is 11.7. The SMILES string of the molecule is O=C1CCC(C(=O)N2CCN(C(=O)c3ccc[nH]3)CC2)N1. The van der Waals surface area contributed by atoms with Crippen LogP contribution in [0.2, 0.25) is 0 Å². The van der Waals surface area contributed by atoms with Gasteiger partial charge in [-0.1, -0.05) is 0 Å². The maximum absolute atomic E-state index is 12.3. The van der Waals surface area contributed by atoms with E-state index < -0.39 is 0 Å². The molecular weight excluding hydrogens is 272 g/mol. The molecular formula is C14H18N4O3. The first-order valence-electron chi connectivity index (χ1n) is 7.16. The van der Waals surface area contributed by atoms with E-state index in [0.29, 0.717) is 44.7 Å². The van der Waals surface area contributed by atoms with Gasteiger partial charge in [-0.25, -0.2) is 0 Å². The molecule has 0 saturated carbocycles. The molecule has 1 atom stereocenters. The highest BCUT2D eigenvalue weighted by molar-refractivity contribution is 5.93. The van der Waals surface area contributed by atoms with Crippen LogP contribution in [-0.2, 0) is 9.59 Å². The molecule has 0 spiro atoms. The van der Waals surface area contributed by atoms with Crippen LogP contribution in [0.15, 0.2) is 18.3 Å². The maximum atomic E-state index is 12.3. The van der Waals surface area contributed by atoms with E-state index in [9.17, 15) is 14.4 Å². The molecule has 2 aliphatic rings. The van der Waals surface area contributed by atoms with Crippen molar-refractivity contribution in [1.29, 1.82) is 0 Å². The third-order valence-corrected chi connectivity index (χ3v) is 4.00. The van der Waals surface area contributed by atoms with Gasteiger partial charge in [0.15, 0.2) is 0 Å². The van der Waals surface area contributed by atoms with Gasteiger partial charge >= 0.3 is 0 Å². The zero-order chi connectivity index (χ0) is 14.8. The molecule has 0 aliphatic carbocycles. The quantitative estimate of drug-likeness (QED) is 0.775. The molecule has 7 nitrogen and oxygen atoms in total. The lowest BCUT2D eigenvalue weighted by atomic mass is 10.2. The molecule has 2 aliphatic heterocycles. The number of nitrogens with one attached hydrogen (secondary N) is 2. The van der Waals surface area contributed by atoms with Crippen molar-refractivity contribution in [2.45, 2.75) is 18.9 Å². The molecule has 2 fully saturated rings. The summed E-state index contributed by atoms with van der Waals surface area (Å²) in [6, 6.07) is 3.15. The molecule has 21 heavy (non-hydrogen) atoms. The number of aromatic amines is 1. The fourth-order valence-corrected chi connectivity index (χ4v) is 2.78. The fourth-order valence-electron chi connectivity index (χ4n) is 2.78. The summed E-state index contributed by atoms with van der Waals surface area (Å²) < 4.78 is 0. The Balaban J connectivity index is 1.54. The standard InChI is InChI=1S/C14H18N4O3/c19-12-4-3-11(16-12)14(21)18-8-6-17(7-9-18)13(20)10-2-1-5-15-10/h1-2,5,11,15H,3-4,6-9H2,(H,16,19). The van der Waals surface area contributed by atoms with Gasteiger partial charge in [0.25, 0.3) is 5.91 Å². The first-order valence-corrected chi connectivity index (χ1v) is 7.16. The number of carbonyl (C=O) groups excluding carboxylic acids is 3. The van der Waals surface area contributed by atoms with Crippen molar-refractivity contribution in [3.05, 3.63) is 24.0 Å². The van der Waals surface area contributed by atoms with Crippen LogP contribution >= 0.6 is 0 Å².